The number of nitrogens with two attached hydrogens (primary N) is 1. The molecule has 6 nitrogen and oxygen atoms in total. The Kier molecular flexibility index (Phi) is 2.85. The first-order chi connectivity index (χ1) is 6.54. The number of carbonyl (C=O) groups excluding carboxylic acids is 2. The molecule has 3 N–H and O–H groups in total. The van der Waals surface area contributed by atoms with Crippen molar-refractivity contribution in [3.8, 4) is 0 Å². The van der Waals surface area contributed by atoms with Crippen LogP contribution >= 0.6 is 0 Å². The SMILES string of the molecule is CCn1nc(C)cc1C(=O)NC(N)=O. The molecule has 0 aliphatic heterocycles. The maximum Gasteiger partial charge on any atom is 0.319 e. The number of hydrogen-bond donors (Lipinski definition) is 2. The molecule has 1 aromatic rings. The molecule has 0 aliphatic rings. The van der Waals surface area contributed by atoms with Crippen molar-refractivity contribution in [3.63, 3.8) is 0 Å². The highest BCUT2D eigenvalue weighted by atomic mass is 16.2. The molecule has 1 heterocycles. The molecule has 0 fully saturated rings. The van der Waals surface area contributed by atoms with Crippen molar-refractivity contribution in [3.05, 3.63) is 17.5 Å². The third kappa shape index (κ3) is 2.09. The number of aryl methyl sites for hydroxylation is 2. The Labute approximate surface area is 81.1 Å². The summed E-state index contributed by atoms with van der Waals surface area (Å²) in [5.74, 6) is -0.528. The number of imide groups is 1. The second-order valence-corrected chi connectivity index (χ2v) is 2.81. The first-order valence-electron chi connectivity index (χ1n) is 4.19. The van der Waals surface area contributed by atoms with E-state index in [1.54, 1.807) is 13.0 Å². The van der Waals surface area contributed by atoms with Gasteiger partial charge in [-0.15, -0.1) is 0 Å². The molecule has 0 aliphatic carbocycles. The van der Waals surface area contributed by atoms with Crippen LogP contribution in [-0.2, 0) is 6.54 Å². The highest BCUT2D eigenvalue weighted by Crippen LogP contribution is 2.03. The lowest BCUT2D eigenvalue weighted by molar-refractivity contribution is 0.0956. The normalized spacial score (nSPS) is 9.86. The number of hydrogen-bond acceptors (Lipinski definition) is 3. The van der Waals surface area contributed by atoms with Crippen LogP contribution in [0.4, 0.5) is 4.79 Å². The molecule has 0 saturated heterocycles. The van der Waals surface area contributed by atoms with E-state index in [0.29, 0.717) is 12.2 Å². The maximum atomic E-state index is 11.4. The van der Waals surface area contributed by atoms with Gasteiger partial charge in [0, 0.05) is 6.54 Å². The van der Waals surface area contributed by atoms with Gasteiger partial charge < -0.3 is 5.73 Å². The summed E-state index contributed by atoms with van der Waals surface area (Å²) >= 11 is 0. The standard InChI is InChI=1S/C8H12N4O2/c1-3-12-6(4-5(2)11-12)7(13)10-8(9)14/h4H,3H2,1-2H3,(H3,9,10,13,14). The van der Waals surface area contributed by atoms with Crippen molar-refractivity contribution in [2.75, 3.05) is 0 Å². The summed E-state index contributed by atoms with van der Waals surface area (Å²) in [5, 5.41) is 6.05. The molecule has 6 heteroatoms. The quantitative estimate of drug-likeness (QED) is 0.698. The molecule has 0 unspecified atom stereocenters. The van der Waals surface area contributed by atoms with Gasteiger partial charge in [-0.1, -0.05) is 0 Å². The molecule has 14 heavy (non-hydrogen) atoms. The van der Waals surface area contributed by atoms with E-state index in [9.17, 15) is 9.59 Å². The number of primary amides is 1. The van der Waals surface area contributed by atoms with E-state index in [2.05, 4.69) is 5.10 Å². The molecule has 0 bridgehead atoms. The zero-order valence-corrected chi connectivity index (χ0v) is 8.07. The third-order valence-corrected chi connectivity index (χ3v) is 1.67. The smallest absolute Gasteiger partial charge is 0.319 e. The maximum absolute atomic E-state index is 11.4. The van der Waals surface area contributed by atoms with Crippen molar-refractivity contribution in [2.24, 2.45) is 5.73 Å². The van der Waals surface area contributed by atoms with Crippen LogP contribution < -0.4 is 11.1 Å². The lowest BCUT2D eigenvalue weighted by Gasteiger charge is -2.02. The summed E-state index contributed by atoms with van der Waals surface area (Å²) in [4.78, 5) is 21.8. The highest BCUT2D eigenvalue weighted by molar-refractivity contribution is 6.02. The number of aromatic nitrogens is 2. The Morgan fingerprint density at radius 3 is 2.79 bits per heavy atom. The van der Waals surface area contributed by atoms with Gasteiger partial charge in [-0.05, 0) is 19.9 Å². The minimum absolute atomic E-state index is 0.337. The molecule has 1 aromatic heterocycles. The Morgan fingerprint density at radius 2 is 2.29 bits per heavy atom. The minimum Gasteiger partial charge on any atom is -0.351 e. The lowest BCUT2D eigenvalue weighted by Crippen LogP contribution is -2.36. The van der Waals surface area contributed by atoms with Crippen molar-refractivity contribution in [2.45, 2.75) is 20.4 Å². The van der Waals surface area contributed by atoms with Gasteiger partial charge in [0.15, 0.2) is 0 Å². The number of nitrogens with zero attached hydrogens (tertiary/aromatic N) is 2. The lowest BCUT2D eigenvalue weighted by atomic mass is 10.3. The predicted molar refractivity (Wildman–Crippen MR) is 49.7 cm³/mol. The van der Waals surface area contributed by atoms with Crippen LogP contribution in [0.5, 0.6) is 0 Å². The van der Waals surface area contributed by atoms with Crippen LogP contribution in [0.15, 0.2) is 6.07 Å². The molecule has 0 radical (unpaired) electrons. The van der Waals surface area contributed by atoms with Crippen molar-refractivity contribution in [1.82, 2.24) is 15.1 Å². The van der Waals surface area contributed by atoms with Gasteiger partial charge in [0.1, 0.15) is 5.69 Å². The number of rotatable bonds is 2. The number of amides is 3. The van der Waals surface area contributed by atoms with Crippen LogP contribution in [0.25, 0.3) is 0 Å². The van der Waals surface area contributed by atoms with E-state index < -0.39 is 11.9 Å². The van der Waals surface area contributed by atoms with Gasteiger partial charge in [0.05, 0.1) is 5.69 Å². The zero-order valence-electron chi connectivity index (χ0n) is 8.07. The Hall–Kier alpha value is -1.85. The van der Waals surface area contributed by atoms with Gasteiger partial charge >= 0.3 is 6.03 Å². The van der Waals surface area contributed by atoms with Crippen molar-refractivity contribution in [1.29, 1.82) is 0 Å². The van der Waals surface area contributed by atoms with Crippen molar-refractivity contribution < 1.29 is 9.59 Å². The summed E-state index contributed by atoms with van der Waals surface area (Å²) in [5.41, 5.74) is 5.89. The zero-order chi connectivity index (χ0) is 10.7. The molecule has 0 atom stereocenters. The van der Waals surface area contributed by atoms with Crippen LogP contribution in [0.3, 0.4) is 0 Å². The van der Waals surface area contributed by atoms with Gasteiger partial charge in [-0.2, -0.15) is 5.10 Å². The summed E-state index contributed by atoms with van der Waals surface area (Å²) in [6.45, 7) is 4.19. The van der Waals surface area contributed by atoms with Gasteiger partial charge in [0.2, 0.25) is 0 Å². The van der Waals surface area contributed by atoms with E-state index >= 15 is 0 Å². The molecule has 3 amide bonds. The van der Waals surface area contributed by atoms with E-state index in [0.717, 1.165) is 5.69 Å². The highest BCUT2D eigenvalue weighted by Gasteiger charge is 2.13. The van der Waals surface area contributed by atoms with E-state index in [4.69, 9.17) is 5.73 Å². The minimum atomic E-state index is -0.864. The molecule has 76 valence electrons. The summed E-state index contributed by atoms with van der Waals surface area (Å²) in [6, 6.07) is 0.735. The number of urea groups is 1. The fourth-order valence-electron chi connectivity index (χ4n) is 1.15. The molecule has 0 aromatic carbocycles. The van der Waals surface area contributed by atoms with E-state index in [1.165, 1.54) is 4.68 Å². The number of carbonyl (C=O) groups is 2. The first kappa shape index (κ1) is 10.2. The van der Waals surface area contributed by atoms with Crippen LogP contribution in [-0.4, -0.2) is 21.7 Å². The summed E-state index contributed by atoms with van der Waals surface area (Å²) in [6.07, 6.45) is 0. The van der Waals surface area contributed by atoms with Crippen LogP contribution in [0.2, 0.25) is 0 Å². The van der Waals surface area contributed by atoms with Gasteiger partial charge in [-0.3, -0.25) is 14.8 Å². The number of nitrogens with one attached hydrogen (secondary N) is 1. The fraction of sp³-hybridized carbons (Fsp3) is 0.375. The largest absolute Gasteiger partial charge is 0.351 e. The van der Waals surface area contributed by atoms with E-state index in [1.807, 2.05) is 12.2 Å². The Balaban J connectivity index is 2.93. The molecule has 0 spiro atoms. The van der Waals surface area contributed by atoms with Gasteiger partial charge in [0.25, 0.3) is 5.91 Å². The molecular formula is C8H12N4O2. The first-order valence-corrected chi connectivity index (χ1v) is 4.19. The average Bonchev–Trinajstić information content (AvgIpc) is 2.45. The summed E-state index contributed by atoms with van der Waals surface area (Å²) < 4.78 is 1.51. The molecule has 1 rings (SSSR count). The topological polar surface area (TPSA) is 90.0 Å². The third-order valence-electron chi connectivity index (χ3n) is 1.67. The van der Waals surface area contributed by atoms with Crippen LogP contribution in [0.1, 0.15) is 23.1 Å². The fourth-order valence-corrected chi connectivity index (χ4v) is 1.15. The summed E-state index contributed by atoms with van der Waals surface area (Å²) in [7, 11) is 0. The Bertz CT molecular complexity index is 369. The second kappa shape index (κ2) is 3.91. The van der Waals surface area contributed by atoms with Crippen LogP contribution in [0, 0.1) is 6.92 Å². The second-order valence-electron chi connectivity index (χ2n) is 2.81. The molecule has 0 saturated carbocycles. The van der Waals surface area contributed by atoms with Gasteiger partial charge in [-0.25, -0.2) is 4.79 Å². The van der Waals surface area contributed by atoms with E-state index in [-0.39, 0.29) is 0 Å². The predicted octanol–water partition coefficient (Wildman–Crippen LogP) is 0.0199. The monoisotopic (exact) mass is 196 g/mol. The van der Waals surface area contributed by atoms with Crippen molar-refractivity contribution >= 4 is 11.9 Å². The average molecular weight is 196 g/mol. The molecular weight excluding hydrogens is 184 g/mol. The Morgan fingerprint density at radius 1 is 1.64 bits per heavy atom.